The van der Waals surface area contributed by atoms with E-state index in [4.69, 9.17) is 5.11 Å². The van der Waals surface area contributed by atoms with E-state index in [1.165, 1.54) is 0 Å². The van der Waals surface area contributed by atoms with Crippen molar-refractivity contribution >= 4 is 5.97 Å². The average Bonchev–Trinajstić information content (AvgIpc) is 2.71. The lowest BCUT2D eigenvalue weighted by atomic mass is 10.1. The van der Waals surface area contributed by atoms with Gasteiger partial charge in [0.25, 0.3) is 0 Å². The molecule has 0 aliphatic rings. The number of carbonyl (C=O) groups is 1. The zero-order chi connectivity index (χ0) is 12.4. The van der Waals surface area contributed by atoms with E-state index in [-0.39, 0.29) is 5.69 Å². The van der Waals surface area contributed by atoms with E-state index in [2.05, 4.69) is 10.3 Å². The van der Waals surface area contributed by atoms with Gasteiger partial charge < -0.3 is 5.11 Å². The summed E-state index contributed by atoms with van der Waals surface area (Å²) in [6, 6.07) is 7.76. The van der Waals surface area contributed by atoms with Gasteiger partial charge in [-0.2, -0.15) is 0 Å². The molecular weight excluding hydrogens is 218 g/mol. The fourth-order valence-electron chi connectivity index (χ4n) is 1.77. The van der Waals surface area contributed by atoms with Gasteiger partial charge in [-0.05, 0) is 25.0 Å². The van der Waals surface area contributed by atoms with Gasteiger partial charge in [0.1, 0.15) is 0 Å². The Balaban J connectivity index is 2.57. The summed E-state index contributed by atoms with van der Waals surface area (Å²) >= 11 is 0. The SMILES string of the molecule is CCc1ccccc1-n1nnc(C(=O)O)c1C. The summed E-state index contributed by atoms with van der Waals surface area (Å²) in [7, 11) is 0. The number of nitrogens with zero attached hydrogens (tertiary/aromatic N) is 3. The molecule has 0 amide bonds. The van der Waals surface area contributed by atoms with Gasteiger partial charge in [0, 0.05) is 0 Å². The summed E-state index contributed by atoms with van der Waals surface area (Å²) in [5.41, 5.74) is 2.53. The molecule has 0 fully saturated rings. The molecule has 0 spiro atoms. The summed E-state index contributed by atoms with van der Waals surface area (Å²) in [4.78, 5) is 10.9. The predicted molar refractivity (Wildman–Crippen MR) is 62.4 cm³/mol. The summed E-state index contributed by atoms with van der Waals surface area (Å²) in [6.45, 7) is 3.75. The topological polar surface area (TPSA) is 68.0 Å². The lowest BCUT2D eigenvalue weighted by molar-refractivity contribution is 0.0689. The first-order valence-electron chi connectivity index (χ1n) is 5.39. The highest BCUT2D eigenvalue weighted by molar-refractivity contribution is 5.86. The monoisotopic (exact) mass is 231 g/mol. The van der Waals surface area contributed by atoms with Crippen LogP contribution in [0.5, 0.6) is 0 Å². The fraction of sp³-hybridized carbons (Fsp3) is 0.250. The molecule has 88 valence electrons. The second-order valence-corrected chi connectivity index (χ2v) is 3.72. The first-order valence-corrected chi connectivity index (χ1v) is 5.39. The number of rotatable bonds is 3. The smallest absolute Gasteiger partial charge is 0.358 e. The number of hydrogen-bond acceptors (Lipinski definition) is 3. The maximum Gasteiger partial charge on any atom is 0.358 e. The molecule has 1 aromatic heterocycles. The van der Waals surface area contributed by atoms with Crippen LogP contribution in [0.4, 0.5) is 0 Å². The Bertz CT molecular complexity index is 561. The van der Waals surface area contributed by atoms with E-state index in [1.807, 2.05) is 31.2 Å². The van der Waals surface area contributed by atoms with E-state index in [0.29, 0.717) is 5.69 Å². The van der Waals surface area contributed by atoms with E-state index in [9.17, 15) is 4.79 Å². The van der Waals surface area contributed by atoms with Crippen LogP contribution in [-0.4, -0.2) is 26.1 Å². The molecule has 0 unspecified atom stereocenters. The van der Waals surface area contributed by atoms with Gasteiger partial charge in [0.05, 0.1) is 11.4 Å². The molecule has 0 radical (unpaired) electrons. The fourth-order valence-corrected chi connectivity index (χ4v) is 1.77. The van der Waals surface area contributed by atoms with Gasteiger partial charge in [-0.15, -0.1) is 5.10 Å². The first kappa shape index (κ1) is 11.3. The third-order valence-corrected chi connectivity index (χ3v) is 2.70. The number of aromatic nitrogens is 3. The molecule has 0 atom stereocenters. The van der Waals surface area contributed by atoms with Crippen LogP contribution in [0.15, 0.2) is 24.3 Å². The molecule has 1 N–H and O–H groups in total. The molecule has 0 aliphatic carbocycles. The van der Waals surface area contributed by atoms with E-state index < -0.39 is 5.97 Å². The van der Waals surface area contributed by atoms with Crippen molar-refractivity contribution in [1.29, 1.82) is 0 Å². The lowest BCUT2D eigenvalue weighted by Crippen LogP contribution is -2.04. The molecule has 1 heterocycles. The average molecular weight is 231 g/mol. The lowest BCUT2D eigenvalue weighted by Gasteiger charge is -2.08. The maximum atomic E-state index is 10.9. The van der Waals surface area contributed by atoms with Crippen LogP contribution < -0.4 is 0 Å². The Labute approximate surface area is 98.7 Å². The molecule has 2 rings (SSSR count). The molecule has 5 nitrogen and oxygen atoms in total. The zero-order valence-electron chi connectivity index (χ0n) is 9.71. The summed E-state index contributed by atoms with van der Waals surface area (Å²) < 4.78 is 1.57. The molecular formula is C12H13N3O2. The van der Waals surface area contributed by atoms with E-state index in [0.717, 1.165) is 17.7 Å². The Hall–Kier alpha value is -2.17. The molecule has 2 aromatic rings. The van der Waals surface area contributed by atoms with Crippen LogP contribution in [0, 0.1) is 6.92 Å². The number of benzene rings is 1. The number of carboxylic acid groups (broad SMARTS) is 1. The Kier molecular flexibility index (Phi) is 2.91. The number of carboxylic acids is 1. The van der Waals surface area contributed by atoms with Gasteiger partial charge in [-0.1, -0.05) is 30.3 Å². The van der Waals surface area contributed by atoms with Crippen molar-refractivity contribution in [1.82, 2.24) is 15.0 Å². The molecule has 1 aromatic carbocycles. The summed E-state index contributed by atoms with van der Waals surface area (Å²) in [6.07, 6.45) is 0.859. The first-order chi connectivity index (χ1) is 8.15. The predicted octanol–water partition coefficient (Wildman–Crippen LogP) is 1.84. The summed E-state index contributed by atoms with van der Waals surface area (Å²) in [5.74, 6) is -1.05. The minimum Gasteiger partial charge on any atom is -0.476 e. The largest absolute Gasteiger partial charge is 0.476 e. The van der Waals surface area contributed by atoms with Crippen LogP contribution in [0.3, 0.4) is 0 Å². The van der Waals surface area contributed by atoms with Crippen molar-refractivity contribution in [3.05, 3.63) is 41.2 Å². The highest BCUT2D eigenvalue weighted by Gasteiger charge is 2.16. The zero-order valence-corrected chi connectivity index (χ0v) is 9.71. The Morgan fingerprint density at radius 2 is 2.12 bits per heavy atom. The van der Waals surface area contributed by atoms with Gasteiger partial charge in [0.2, 0.25) is 0 Å². The van der Waals surface area contributed by atoms with Crippen LogP contribution in [-0.2, 0) is 6.42 Å². The van der Waals surface area contributed by atoms with Gasteiger partial charge in [0.15, 0.2) is 5.69 Å². The van der Waals surface area contributed by atoms with Crippen LogP contribution in [0.2, 0.25) is 0 Å². The van der Waals surface area contributed by atoms with E-state index in [1.54, 1.807) is 11.6 Å². The second-order valence-electron chi connectivity index (χ2n) is 3.72. The van der Waals surface area contributed by atoms with Gasteiger partial charge in [-0.3, -0.25) is 0 Å². The number of para-hydroxylation sites is 1. The Morgan fingerprint density at radius 1 is 1.41 bits per heavy atom. The molecule has 0 bridgehead atoms. The number of aromatic carboxylic acids is 1. The third kappa shape index (κ3) is 1.91. The minimum atomic E-state index is -1.05. The van der Waals surface area contributed by atoms with Crippen molar-refractivity contribution in [2.75, 3.05) is 0 Å². The standard InChI is InChI=1S/C12H13N3O2/c1-3-9-6-4-5-7-10(9)15-8(2)11(12(16)17)13-14-15/h4-7H,3H2,1-2H3,(H,16,17). The van der Waals surface area contributed by atoms with Crippen molar-refractivity contribution < 1.29 is 9.90 Å². The molecule has 0 saturated carbocycles. The number of hydrogen-bond donors (Lipinski definition) is 1. The molecule has 5 heteroatoms. The Morgan fingerprint density at radius 3 is 2.71 bits per heavy atom. The quantitative estimate of drug-likeness (QED) is 0.875. The molecule has 17 heavy (non-hydrogen) atoms. The van der Waals surface area contributed by atoms with Crippen molar-refractivity contribution in [2.45, 2.75) is 20.3 Å². The van der Waals surface area contributed by atoms with Gasteiger partial charge in [-0.25, -0.2) is 9.48 Å². The summed E-state index contributed by atoms with van der Waals surface area (Å²) in [5, 5.41) is 16.5. The van der Waals surface area contributed by atoms with Crippen molar-refractivity contribution in [3.8, 4) is 5.69 Å². The van der Waals surface area contributed by atoms with E-state index >= 15 is 0 Å². The highest BCUT2D eigenvalue weighted by Crippen LogP contribution is 2.17. The van der Waals surface area contributed by atoms with Crippen LogP contribution in [0.25, 0.3) is 5.69 Å². The third-order valence-electron chi connectivity index (χ3n) is 2.70. The van der Waals surface area contributed by atoms with Crippen LogP contribution >= 0.6 is 0 Å². The van der Waals surface area contributed by atoms with Crippen molar-refractivity contribution in [2.24, 2.45) is 0 Å². The molecule has 0 saturated heterocycles. The maximum absolute atomic E-state index is 10.9. The normalized spacial score (nSPS) is 10.5. The van der Waals surface area contributed by atoms with Crippen LogP contribution in [0.1, 0.15) is 28.7 Å². The van der Waals surface area contributed by atoms with Gasteiger partial charge >= 0.3 is 5.97 Å². The second kappa shape index (κ2) is 4.37. The molecule has 0 aliphatic heterocycles. The highest BCUT2D eigenvalue weighted by atomic mass is 16.4. The van der Waals surface area contributed by atoms with Crippen molar-refractivity contribution in [3.63, 3.8) is 0 Å². The minimum absolute atomic E-state index is 0.00379. The number of aryl methyl sites for hydroxylation is 1.